The van der Waals surface area contributed by atoms with Crippen LogP contribution in [0.3, 0.4) is 0 Å². The molecule has 20 heavy (non-hydrogen) atoms. The Bertz CT molecular complexity index is 421. The lowest BCUT2D eigenvalue weighted by Crippen LogP contribution is -2.16. The Morgan fingerprint density at radius 2 is 2.10 bits per heavy atom. The van der Waals surface area contributed by atoms with E-state index in [9.17, 15) is 13.2 Å². The Balaban J connectivity index is 1.70. The molecule has 112 valence electrons. The fourth-order valence-electron chi connectivity index (χ4n) is 1.88. The van der Waals surface area contributed by atoms with Gasteiger partial charge in [0, 0.05) is 31.0 Å². The van der Waals surface area contributed by atoms with E-state index in [2.05, 4.69) is 5.32 Å². The Morgan fingerprint density at radius 1 is 1.30 bits per heavy atom. The zero-order valence-electron chi connectivity index (χ0n) is 11.4. The molecule has 0 unspecified atom stereocenters. The molecule has 5 heteroatoms. The molecule has 0 atom stereocenters. The molecule has 1 saturated carbocycles. The molecule has 0 saturated heterocycles. The van der Waals surface area contributed by atoms with Gasteiger partial charge < -0.3 is 10.1 Å². The van der Waals surface area contributed by atoms with Gasteiger partial charge >= 0.3 is 5.92 Å². The van der Waals surface area contributed by atoms with Crippen LogP contribution < -0.4 is 5.32 Å². The molecule has 0 heterocycles. The average molecular weight is 287 g/mol. The summed E-state index contributed by atoms with van der Waals surface area (Å²) < 4.78 is 44.2. The van der Waals surface area contributed by atoms with E-state index in [4.69, 9.17) is 4.74 Å². The number of rotatable bonds is 9. The monoisotopic (exact) mass is 287 g/mol. The first-order valence-electron chi connectivity index (χ1n) is 6.98. The Hall–Kier alpha value is -1.23. The van der Waals surface area contributed by atoms with E-state index in [1.165, 1.54) is 31.0 Å². The summed E-state index contributed by atoms with van der Waals surface area (Å²) in [5, 5.41) is 3.05. The Morgan fingerprint density at radius 3 is 2.80 bits per heavy atom. The summed E-state index contributed by atoms with van der Waals surface area (Å²) in [6.07, 6.45) is 3.36. The molecule has 1 aliphatic carbocycles. The minimum Gasteiger partial charge on any atom is -0.385 e. The van der Waals surface area contributed by atoms with Crippen LogP contribution in [0.1, 0.15) is 24.8 Å². The number of anilines is 1. The van der Waals surface area contributed by atoms with Crippen molar-refractivity contribution in [1.82, 2.24) is 0 Å². The van der Waals surface area contributed by atoms with Gasteiger partial charge in [-0.15, -0.1) is 0 Å². The van der Waals surface area contributed by atoms with Gasteiger partial charge in [0.05, 0.1) is 0 Å². The predicted octanol–water partition coefficient (Wildman–Crippen LogP) is 3.98. The van der Waals surface area contributed by atoms with Gasteiger partial charge in [-0.3, -0.25) is 0 Å². The van der Waals surface area contributed by atoms with Crippen LogP contribution in [0.5, 0.6) is 0 Å². The van der Waals surface area contributed by atoms with Gasteiger partial charge in [0.1, 0.15) is 0 Å². The first kappa shape index (κ1) is 15.2. The maximum Gasteiger partial charge on any atom is 0.301 e. The van der Waals surface area contributed by atoms with Gasteiger partial charge in [-0.25, -0.2) is 4.39 Å². The van der Waals surface area contributed by atoms with Crippen molar-refractivity contribution in [3.63, 3.8) is 0 Å². The lowest BCUT2D eigenvalue weighted by molar-refractivity contribution is -0.0280. The van der Waals surface area contributed by atoms with Gasteiger partial charge in [0.15, 0.2) is 6.67 Å². The maximum absolute atomic E-state index is 13.2. The first-order valence-corrected chi connectivity index (χ1v) is 6.98. The highest BCUT2D eigenvalue weighted by molar-refractivity contribution is 5.46. The summed E-state index contributed by atoms with van der Waals surface area (Å²) in [5.74, 6) is -2.66. The fraction of sp³-hybridized carbons (Fsp3) is 0.600. The third-order valence-corrected chi connectivity index (χ3v) is 3.30. The first-order chi connectivity index (χ1) is 9.62. The third-order valence-electron chi connectivity index (χ3n) is 3.30. The number of alkyl halides is 3. The number of hydrogen-bond donors (Lipinski definition) is 1. The minimum atomic E-state index is -3.41. The summed E-state index contributed by atoms with van der Waals surface area (Å²) in [7, 11) is 0. The zero-order valence-corrected chi connectivity index (χ0v) is 11.4. The molecule has 1 N–H and O–H groups in total. The molecule has 0 spiro atoms. The summed E-state index contributed by atoms with van der Waals surface area (Å²) >= 11 is 0. The highest BCUT2D eigenvalue weighted by Crippen LogP contribution is 2.30. The van der Waals surface area contributed by atoms with Gasteiger partial charge in [0.2, 0.25) is 0 Å². The molecule has 0 bridgehead atoms. The highest BCUT2D eigenvalue weighted by Gasteiger charge is 2.31. The van der Waals surface area contributed by atoms with Crippen LogP contribution in [0.2, 0.25) is 0 Å². The second-order valence-electron chi connectivity index (χ2n) is 5.22. The molecular weight excluding hydrogens is 267 g/mol. The average Bonchev–Trinajstić information content (AvgIpc) is 3.27. The Labute approximate surface area is 117 Å². The molecule has 1 aromatic rings. The van der Waals surface area contributed by atoms with E-state index in [1.54, 1.807) is 6.07 Å². The van der Waals surface area contributed by atoms with Crippen molar-refractivity contribution in [1.29, 1.82) is 0 Å². The molecular formula is C15H20F3NO. The zero-order chi connectivity index (χ0) is 14.4. The van der Waals surface area contributed by atoms with E-state index in [0.717, 1.165) is 18.9 Å². The molecule has 0 aliphatic heterocycles. The SMILES string of the molecule is FCC(F)(F)c1cccc(NCCCOCC2CC2)c1. The van der Waals surface area contributed by atoms with Gasteiger partial charge in [0.25, 0.3) is 0 Å². The second-order valence-corrected chi connectivity index (χ2v) is 5.22. The van der Waals surface area contributed by atoms with Crippen molar-refractivity contribution < 1.29 is 17.9 Å². The predicted molar refractivity (Wildman–Crippen MR) is 73.0 cm³/mol. The Kier molecular flexibility index (Phi) is 5.29. The van der Waals surface area contributed by atoms with Crippen LogP contribution >= 0.6 is 0 Å². The molecule has 1 aromatic carbocycles. The molecule has 1 fully saturated rings. The number of halogens is 3. The van der Waals surface area contributed by atoms with Gasteiger partial charge in [-0.2, -0.15) is 8.78 Å². The van der Waals surface area contributed by atoms with Crippen LogP contribution in [0.4, 0.5) is 18.9 Å². The van der Waals surface area contributed by atoms with Gasteiger partial charge in [-0.05, 0) is 37.3 Å². The molecule has 0 aromatic heterocycles. The number of benzene rings is 1. The van der Waals surface area contributed by atoms with E-state index >= 15 is 0 Å². The maximum atomic E-state index is 13.2. The van der Waals surface area contributed by atoms with E-state index in [-0.39, 0.29) is 5.56 Å². The number of ether oxygens (including phenoxy) is 1. The molecule has 0 amide bonds. The van der Waals surface area contributed by atoms with Crippen LogP contribution in [-0.2, 0) is 10.7 Å². The van der Waals surface area contributed by atoms with Crippen molar-refractivity contribution >= 4 is 5.69 Å². The van der Waals surface area contributed by atoms with Crippen LogP contribution in [0.15, 0.2) is 24.3 Å². The third kappa shape index (κ3) is 4.71. The fourth-order valence-corrected chi connectivity index (χ4v) is 1.88. The molecule has 0 radical (unpaired) electrons. The van der Waals surface area contributed by atoms with Crippen molar-refractivity contribution in [3.05, 3.63) is 29.8 Å². The largest absolute Gasteiger partial charge is 0.385 e. The van der Waals surface area contributed by atoms with E-state index < -0.39 is 12.6 Å². The van der Waals surface area contributed by atoms with Crippen LogP contribution in [0, 0.1) is 5.92 Å². The quantitative estimate of drug-likeness (QED) is 0.694. The molecule has 2 nitrogen and oxygen atoms in total. The van der Waals surface area contributed by atoms with Crippen molar-refractivity contribution in [3.8, 4) is 0 Å². The van der Waals surface area contributed by atoms with Crippen molar-refractivity contribution in [2.45, 2.75) is 25.2 Å². The topological polar surface area (TPSA) is 21.3 Å². The van der Waals surface area contributed by atoms with Gasteiger partial charge in [-0.1, -0.05) is 12.1 Å². The highest BCUT2D eigenvalue weighted by atomic mass is 19.3. The van der Waals surface area contributed by atoms with E-state index in [1.807, 2.05) is 0 Å². The minimum absolute atomic E-state index is 0.296. The van der Waals surface area contributed by atoms with E-state index in [0.29, 0.717) is 18.8 Å². The smallest absolute Gasteiger partial charge is 0.301 e. The van der Waals surface area contributed by atoms with Crippen molar-refractivity contribution in [2.24, 2.45) is 5.92 Å². The summed E-state index contributed by atoms with van der Waals surface area (Å²) in [5.41, 5.74) is 0.285. The standard InChI is InChI=1S/C15H20F3NO/c16-11-15(17,18)13-3-1-4-14(9-13)19-7-2-8-20-10-12-5-6-12/h1,3-4,9,12,19H,2,5-8,10-11H2. The summed E-state index contributed by atoms with van der Waals surface area (Å²) in [6.45, 7) is 0.475. The lowest BCUT2D eigenvalue weighted by atomic mass is 10.1. The number of nitrogens with one attached hydrogen (secondary N) is 1. The van der Waals surface area contributed by atoms with Crippen molar-refractivity contribution in [2.75, 3.05) is 31.7 Å². The second kappa shape index (κ2) is 6.97. The molecule has 2 rings (SSSR count). The van der Waals surface area contributed by atoms with Crippen LogP contribution in [0.25, 0.3) is 0 Å². The lowest BCUT2D eigenvalue weighted by Gasteiger charge is -2.14. The normalized spacial score (nSPS) is 15.3. The van der Waals surface area contributed by atoms with Crippen LogP contribution in [-0.4, -0.2) is 26.4 Å². The summed E-state index contributed by atoms with van der Waals surface area (Å²) in [4.78, 5) is 0. The number of hydrogen-bond acceptors (Lipinski definition) is 2. The molecule has 1 aliphatic rings. The summed E-state index contributed by atoms with van der Waals surface area (Å²) in [6, 6.07) is 5.74.